The lowest BCUT2D eigenvalue weighted by Gasteiger charge is -2.40. The second-order valence-electron chi connectivity index (χ2n) is 9.94. The number of rotatable bonds is 7. The predicted octanol–water partition coefficient (Wildman–Crippen LogP) is 1.55. The molecule has 2 aromatic rings. The Labute approximate surface area is 212 Å². The molecule has 2 fully saturated rings. The van der Waals surface area contributed by atoms with E-state index in [0.29, 0.717) is 18.1 Å². The average Bonchev–Trinajstić information content (AvgIpc) is 2.86. The Hall–Kier alpha value is -3.47. The summed E-state index contributed by atoms with van der Waals surface area (Å²) in [5.41, 5.74) is 6.72. The Bertz CT molecular complexity index is 1070. The molecule has 4 rings (SSSR count). The number of piperidine rings is 1. The zero-order chi connectivity index (χ0) is 25.8. The van der Waals surface area contributed by atoms with E-state index in [-0.39, 0.29) is 29.4 Å². The van der Waals surface area contributed by atoms with Crippen molar-refractivity contribution in [1.29, 1.82) is 0 Å². The Morgan fingerprint density at radius 3 is 2.50 bits per heavy atom. The highest BCUT2D eigenvalue weighted by Gasteiger charge is 2.31. The first kappa shape index (κ1) is 25.6. The van der Waals surface area contributed by atoms with Gasteiger partial charge in [0, 0.05) is 59.3 Å². The normalized spacial score (nSPS) is 20.8. The van der Waals surface area contributed by atoms with Gasteiger partial charge < -0.3 is 30.7 Å². The number of hydrogen-bond acceptors (Lipinski definition) is 9. The number of carbonyl (C=O) groups is 2. The van der Waals surface area contributed by atoms with Crippen molar-refractivity contribution in [2.24, 2.45) is 11.7 Å². The number of carbonyl (C=O) groups excluding carboxylic acids is 2. The molecule has 2 atom stereocenters. The maximum absolute atomic E-state index is 12.3. The number of piperazine rings is 1. The van der Waals surface area contributed by atoms with E-state index in [1.54, 1.807) is 25.2 Å². The zero-order valence-electron chi connectivity index (χ0n) is 21.6. The van der Waals surface area contributed by atoms with E-state index in [4.69, 9.17) is 10.7 Å². The van der Waals surface area contributed by atoms with Gasteiger partial charge in [-0.3, -0.25) is 9.59 Å². The molecule has 11 heteroatoms. The number of aromatic nitrogens is 3. The number of anilines is 4. The number of amides is 2. The summed E-state index contributed by atoms with van der Waals surface area (Å²) in [4.78, 5) is 46.4. The van der Waals surface area contributed by atoms with Crippen LogP contribution in [0.4, 0.5) is 23.1 Å². The first-order valence-electron chi connectivity index (χ1n) is 12.5. The van der Waals surface area contributed by atoms with Crippen LogP contribution in [-0.2, 0) is 4.79 Å². The lowest BCUT2D eigenvalue weighted by Crippen LogP contribution is -2.45. The Morgan fingerprint density at radius 2 is 1.86 bits per heavy atom. The van der Waals surface area contributed by atoms with Crippen LogP contribution in [0, 0.1) is 5.92 Å². The minimum atomic E-state index is -0.660. The molecule has 2 aromatic heterocycles. The van der Waals surface area contributed by atoms with Gasteiger partial charge in [0.25, 0.3) is 5.91 Å². The highest BCUT2D eigenvalue weighted by Crippen LogP contribution is 2.31. The molecule has 2 saturated heterocycles. The van der Waals surface area contributed by atoms with Gasteiger partial charge in [-0.25, -0.2) is 15.0 Å². The van der Waals surface area contributed by atoms with Crippen LogP contribution in [0.2, 0.25) is 0 Å². The molecule has 194 valence electrons. The lowest BCUT2D eigenvalue weighted by molar-refractivity contribution is -0.130. The van der Waals surface area contributed by atoms with Gasteiger partial charge in [0.1, 0.15) is 11.6 Å². The second kappa shape index (κ2) is 11.1. The highest BCUT2D eigenvalue weighted by atomic mass is 16.2. The van der Waals surface area contributed by atoms with E-state index >= 15 is 0 Å². The van der Waals surface area contributed by atoms with E-state index in [2.05, 4.69) is 44.0 Å². The van der Waals surface area contributed by atoms with Crippen molar-refractivity contribution < 1.29 is 9.59 Å². The van der Waals surface area contributed by atoms with Crippen LogP contribution in [0.15, 0.2) is 24.5 Å². The molecular weight excluding hydrogens is 458 g/mol. The van der Waals surface area contributed by atoms with E-state index in [0.717, 1.165) is 51.3 Å². The van der Waals surface area contributed by atoms with E-state index in [9.17, 15) is 9.59 Å². The molecule has 0 spiro atoms. The lowest BCUT2D eigenvalue weighted by atomic mass is 9.87. The highest BCUT2D eigenvalue weighted by molar-refractivity contribution is 5.96. The summed E-state index contributed by atoms with van der Waals surface area (Å²) in [5.74, 6) is 1.16. The summed E-state index contributed by atoms with van der Waals surface area (Å²) in [6.07, 6.45) is 5.84. The topological polar surface area (TPSA) is 124 Å². The van der Waals surface area contributed by atoms with Gasteiger partial charge in [0.2, 0.25) is 5.91 Å². The fourth-order valence-electron chi connectivity index (χ4n) is 4.84. The SMILES string of the molecule is C[C@@H]1[C@H](CC(=O)N(C)C)CCCN1c1cnc(C(N)=O)c(Nc2ccc(N3CCN(C)CC3)cn2)n1. The quantitative estimate of drug-likeness (QED) is 0.589. The van der Waals surface area contributed by atoms with Crippen molar-refractivity contribution in [3.05, 3.63) is 30.2 Å². The Kier molecular flexibility index (Phi) is 7.88. The monoisotopic (exact) mass is 495 g/mol. The van der Waals surface area contributed by atoms with E-state index in [1.165, 1.54) is 0 Å². The van der Waals surface area contributed by atoms with Crippen LogP contribution < -0.4 is 20.9 Å². The molecule has 0 unspecified atom stereocenters. The summed E-state index contributed by atoms with van der Waals surface area (Å²) in [7, 11) is 5.69. The minimum Gasteiger partial charge on any atom is -0.368 e. The van der Waals surface area contributed by atoms with Gasteiger partial charge in [0.15, 0.2) is 11.5 Å². The molecule has 0 saturated carbocycles. The first-order valence-corrected chi connectivity index (χ1v) is 12.5. The fraction of sp³-hybridized carbons (Fsp3) is 0.560. The van der Waals surface area contributed by atoms with Gasteiger partial charge in [0.05, 0.1) is 18.1 Å². The molecule has 3 N–H and O–H groups in total. The molecule has 2 aliphatic heterocycles. The van der Waals surface area contributed by atoms with E-state index < -0.39 is 5.91 Å². The largest absolute Gasteiger partial charge is 0.368 e. The maximum atomic E-state index is 12.3. The van der Waals surface area contributed by atoms with Gasteiger partial charge in [-0.05, 0) is 44.9 Å². The van der Waals surface area contributed by atoms with Crippen molar-refractivity contribution in [2.45, 2.75) is 32.2 Å². The number of nitrogens with one attached hydrogen (secondary N) is 1. The number of nitrogens with two attached hydrogens (primary N) is 1. The van der Waals surface area contributed by atoms with Crippen molar-refractivity contribution in [1.82, 2.24) is 24.8 Å². The van der Waals surface area contributed by atoms with Gasteiger partial charge in [-0.2, -0.15) is 0 Å². The summed E-state index contributed by atoms with van der Waals surface area (Å²) in [6, 6.07) is 3.99. The van der Waals surface area contributed by atoms with Crippen LogP contribution in [0.25, 0.3) is 0 Å². The van der Waals surface area contributed by atoms with E-state index in [1.807, 2.05) is 18.3 Å². The van der Waals surface area contributed by atoms with Crippen LogP contribution in [-0.4, -0.2) is 96.5 Å². The molecule has 4 heterocycles. The van der Waals surface area contributed by atoms with Gasteiger partial charge in [-0.15, -0.1) is 0 Å². The smallest absolute Gasteiger partial charge is 0.271 e. The molecule has 36 heavy (non-hydrogen) atoms. The van der Waals surface area contributed by atoms with Crippen molar-refractivity contribution >= 4 is 35.0 Å². The third-order valence-electron chi connectivity index (χ3n) is 7.23. The molecule has 0 aliphatic carbocycles. The summed E-state index contributed by atoms with van der Waals surface area (Å²) in [6.45, 7) is 6.86. The Morgan fingerprint density at radius 1 is 1.11 bits per heavy atom. The van der Waals surface area contributed by atoms with Crippen molar-refractivity contribution in [3.8, 4) is 0 Å². The number of hydrogen-bond donors (Lipinski definition) is 2. The number of primary amides is 1. The van der Waals surface area contributed by atoms with Crippen LogP contribution in [0.1, 0.15) is 36.7 Å². The van der Waals surface area contributed by atoms with Crippen molar-refractivity contribution in [3.63, 3.8) is 0 Å². The molecular formula is C25H37N9O2. The molecule has 2 aliphatic rings. The standard InChI is InChI=1S/C25H37N9O2/c1-17-18(14-22(35)31(2)3)6-5-9-34(17)21-16-28-23(24(26)36)25(30-21)29-20-8-7-19(15-27-20)33-12-10-32(4)11-13-33/h7-8,15-18H,5-6,9-14H2,1-4H3,(H2,26,36)(H,27,29,30)/t17-,18+/m1/s1. The number of nitrogens with zero attached hydrogens (tertiary/aromatic N) is 7. The second-order valence-corrected chi connectivity index (χ2v) is 9.94. The average molecular weight is 496 g/mol. The molecule has 0 radical (unpaired) electrons. The Balaban J connectivity index is 1.52. The van der Waals surface area contributed by atoms with Crippen LogP contribution >= 0.6 is 0 Å². The summed E-state index contributed by atoms with van der Waals surface area (Å²) in [5, 5.41) is 3.14. The fourth-order valence-corrected chi connectivity index (χ4v) is 4.84. The molecule has 11 nitrogen and oxygen atoms in total. The third kappa shape index (κ3) is 5.84. The number of pyridine rings is 1. The summed E-state index contributed by atoms with van der Waals surface area (Å²) >= 11 is 0. The third-order valence-corrected chi connectivity index (χ3v) is 7.23. The maximum Gasteiger partial charge on any atom is 0.271 e. The first-order chi connectivity index (χ1) is 17.2. The molecule has 0 aromatic carbocycles. The zero-order valence-corrected chi connectivity index (χ0v) is 21.6. The summed E-state index contributed by atoms with van der Waals surface area (Å²) < 4.78 is 0. The van der Waals surface area contributed by atoms with Crippen LogP contribution in [0.5, 0.6) is 0 Å². The van der Waals surface area contributed by atoms with Gasteiger partial charge >= 0.3 is 0 Å². The van der Waals surface area contributed by atoms with Gasteiger partial charge in [-0.1, -0.05) is 0 Å². The number of likely N-dealkylation sites (N-methyl/N-ethyl adjacent to an activating group) is 1. The predicted molar refractivity (Wildman–Crippen MR) is 141 cm³/mol. The molecule has 0 bridgehead atoms. The van der Waals surface area contributed by atoms with Crippen LogP contribution in [0.3, 0.4) is 0 Å². The minimum absolute atomic E-state index is 0.0627. The van der Waals surface area contributed by atoms with Crippen molar-refractivity contribution in [2.75, 3.05) is 69.0 Å². The molecule has 2 amide bonds.